The fourth-order valence-corrected chi connectivity index (χ4v) is 2.52. The smallest absolute Gasteiger partial charge is 0.314 e. The summed E-state index contributed by atoms with van der Waals surface area (Å²) in [7, 11) is 0. The van der Waals surface area contributed by atoms with Crippen molar-refractivity contribution < 1.29 is 13.6 Å². The lowest BCUT2D eigenvalue weighted by atomic mass is 9.93. The zero-order chi connectivity index (χ0) is 16.7. The van der Waals surface area contributed by atoms with E-state index in [0.717, 1.165) is 16.7 Å². The summed E-state index contributed by atoms with van der Waals surface area (Å²) in [5.41, 5.74) is 3.36. The van der Waals surface area contributed by atoms with E-state index in [1.807, 2.05) is 25.1 Å². The van der Waals surface area contributed by atoms with Crippen LogP contribution in [0.5, 0.6) is 0 Å². The topological polar surface area (TPSA) is 41.1 Å². The van der Waals surface area contributed by atoms with Gasteiger partial charge < -0.3 is 10.6 Å². The lowest BCUT2D eigenvalue weighted by Crippen LogP contribution is -2.37. The van der Waals surface area contributed by atoms with Gasteiger partial charge in [0.15, 0.2) is 0 Å². The molecule has 0 atom stereocenters. The van der Waals surface area contributed by atoms with Gasteiger partial charge in [0.05, 0.1) is 0 Å². The Morgan fingerprint density at radius 3 is 2.52 bits per heavy atom. The molecular weight excluding hydrogens is 298 g/mol. The highest BCUT2D eigenvalue weighted by molar-refractivity contribution is 5.74. The predicted molar refractivity (Wildman–Crippen MR) is 87.7 cm³/mol. The number of aryl methyl sites for hydroxylation is 1. The Balaban J connectivity index is 2.13. The molecule has 0 unspecified atom stereocenters. The highest BCUT2D eigenvalue weighted by atomic mass is 19.1. The lowest BCUT2D eigenvalue weighted by Gasteiger charge is -2.14. The quantitative estimate of drug-likeness (QED) is 0.839. The molecule has 0 saturated heterocycles. The predicted octanol–water partition coefficient (Wildman–Crippen LogP) is 3.61. The molecule has 0 bridgehead atoms. The van der Waals surface area contributed by atoms with Gasteiger partial charge >= 0.3 is 6.03 Å². The first kappa shape index (κ1) is 16.9. The number of halogens is 2. The van der Waals surface area contributed by atoms with Gasteiger partial charge in [-0.25, -0.2) is 13.6 Å². The molecule has 0 aliphatic rings. The number of hydrogen-bond acceptors (Lipinski definition) is 1. The van der Waals surface area contributed by atoms with E-state index in [-0.39, 0.29) is 12.4 Å². The highest BCUT2D eigenvalue weighted by Crippen LogP contribution is 2.29. The van der Waals surface area contributed by atoms with Gasteiger partial charge in [0.1, 0.15) is 12.5 Å². The molecule has 2 amide bonds. The molecule has 0 aromatic heterocycles. The summed E-state index contributed by atoms with van der Waals surface area (Å²) < 4.78 is 26.1. The van der Waals surface area contributed by atoms with E-state index in [2.05, 4.69) is 10.6 Å². The minimum Gasteiger partial charge on any atom is -0.338 e. The molecule has 0 heterocycles. The molecule has 3 nitrogen and oxygen atoms in total. The molecule has 0 aliphatic heterocycles. The minimum absolute atomic E-state index is 0.00322. The maximum Gasteiger partial charge on any atom is 0.314 e. The number of carbonyl (C=O) groups excluding carboxylic acids is 1. The Kier molecular flexibility index (Phi) is 6.09. The molecule has 0 aliphatic carbocycles. The van der Waals surface area contributed by atoms with Crippen LogP contribution in [0.3, 0.4) is 0 Å². The number of benzene rings is 2. The Morgan fingerprint density at radius 1 is 1.04 bits per heavy atom. The van der Waals surface area contributed by atoms with Crippen molar-refractivity contribution in [2.75, 3.05) is 19.8 Å². The van der Waals surface area contributed by atoms with Crippen LogP contribution in [0.15, 0.2) is 42.5 Å². The van der Waals surface area contributed by atoms with Crippen molar-refractivity contribution in [1.82, 2.24) is 10.6 Å². The van der Waals surface area contributed by atoms with Gasteiger partial charge in [-0.2, -0.15) is 0 Å². The molecular formula is C18H20F2N2O. The summed E-state index contributed by atoms with van der Waals surface area (Å²) in [6, 6.07) is 12.0. The van der Waals surface area contributed by atoms with Crippen molar-refractivity contribution in [3.05, 3.63) is 59.4 Å². The molecule has 2 N–H and O–H groups in total. The zero-order valence-electron chi connectivity index (χ0n) is 13.0. The van der Waals surface area contributed by atoms with E-state index >= 15 is 0 Å². The highest BCUT2D eigenvalue weighted by Gasteiger charge is 2.12. The van der Waals surface area contributed by atoms with Crippen LogP contribution in [-0.4, -0.2) is 25.8 Å². The van der Waals surface area contributed by atoms with Crippen LogP contribution >= 0.6 is 0 Å². The van der Waals surface area contributed by atoms with E-state index in [4.69, 9.17) is 0 Å². The van der Waals surface area contributed by atoms with Crippen LogP contribution in [-0.2, 0) is 6.42 Å². The number of carbonyl (C=O) groups is 1. The second-order valence-corrected chi connectivity index (χ2v) is 5.21. The molecule has 122 valence electrons. The second kappa shape index (κ2) is 8.27. The van der Waals surface area contributed by atoms with Crippen molar-refractivity contribution in [3.8, 4) is 11.1 Å². The number of urea groups is 1. The van der Waals surface area contributed by atoms with E-state index in [1.165, 1.54) is 6.07 Å². The fraction of sp³-hybridized carbons (Fsp3) is 0.278. The first-order chi connectivity index (χ1) is 11.1. The number of rotatable bonds is 6. The summed E-state index contributed by atoms with van der Waals surface area (Å²) in [5, 5.41) is 5.07. The maximum absolute atomic E-state index is 14.1. The lowest BCUT2D eigenvalue weighted by molar-refractivity contribution is 0.240. The van der Waals surface area contributed by atoms with Crippen molar-refractivity contribution in [2.24, 2.45) is 0 Å². The monoisotopic (exact) mass is 318 g/mol. The van der Waals surface area contributed by atoms with Gasteiger partial charge in [0.2, 0.25) is 0 Å². The number of hydrogen-bond donors (Lipinski definition) is 2. The standard InChI is InChI=1S/C18H20F2N2O/c1-13-5-4-6-14(9-11-21-18(23)22-12-10-19)17(13)15-7-2-3-8-16(15)20/h2-8H,9-12H2,1H3,(H2,21,22,23). The third-order valence-corrected chi connectivity index (χ3v) is 3.56. The van der Waals surface area contributed by atoms with Gasteiger partial charge in [0, 0.05) is 18.7 Å². The average molecular weight is 318 g/mol. The largest absolute Gasteiger partial charge is 0.338 e. The van der Waals surface area contributed by atoms with Crippen molar-refractivity contribution in [2.45, 2.75) is 13.3 Å². The molecule has 2 aromatic carbocycles. The third kappa shape index (κ3) is 4.52. The number of nitrogens with one attached hydrogen (secondary N) is 2. The van der Waals surface area contributed by atoms with Crippen LogP contribution in [0.1, 0.15) is 11.1 Å². The van der Waals surface area contributed by atoms with Crippen LogP contribution in [0.25, 0.3) is 11.1 Å². The molecule has 0 spiro atoms. The average Bonchev–Trinajstić information content (AvgIpc) is 2.54. The molecule has 23 heavy (non-hydrogen) atoms. The number of alkyl halides is 1. The fourth-order valence-electron chi connectivity index (χ4n) is 2.52. The molecule has 2 aromatic rings. The molecule has 0 saturated carbocycles. The van der Waals surface area contributed by atoms with Gasteiger partial charge in [-0.15, -0.1) is 0 Å². The van der Waals surface area contributed by atoms with Crippen LogP contribution in [0, 0.1) is 12.7 Å². The van der Waals surface area contributed by atoms with Crippen LogP contribution in [0.4, 0.5) is 13.6 Å². The first-order valence-corrected chi connectivity index (χ1v) is 7.54. The Morgan fingerprint density at radius 2 is 1.78 bits per heavy atom. The van der Waals surface area contributed by atoms with Gasteiger partial charge in [-0.05, 0) is 36.1 Å². The maximum atomic E-state index is 14.1. The Hall–Kier alpha value is -2.43. The second-order valence-electron chi connectivity index (χ2n) is 5.21. The van der Waals surface area contributed by atoms with Crippen molar-refractivity contribution in [3.63, 3.8) is 0 Å². The molecule has 2 rings (SSSR count). The Labute approximate surface area is 134 Å². The molecule has 0 fully saturated rings. The van der Waals surface area contributed by atoms with E-state index in [0.29, 0.717) is 18.5 Å². The summed E-state index contributed by atoms with van der Waals surface area (Å²) in [6.07, 6.45) is 0.564. The van der Waals surface area contributed by atoms with Crippen molar-refractivity contribution in [1.29, 1.82) is 0 Å². The summed E-state index contributed by atoms with van der Waals surface area (Å²) in [6.45, 7) is 1.73. The summed E-state index contributed by atoms with van der Waals surface area (Å²) >= 11 is 0. The summed E-state index contributed by atoms with van der Waals surface area (Å²) in [4.78, 5) is 11.4. The van der Waals surface area contributed by atoms with Gasteiger partial charge in [0.25, 0.3) is 0 Å². The SMILES string of the molecule is Cc1cccc(CCNC(=O)NCCF)c1-c1ccccc1F. The van der Waals surface area contributed by atoms with Crippen LogP contribution in [0.2, 0.25) is 0 Å². The van der Waals surface area contributed by atoms with Gasteiger partial charge in [-0.3, -0.25) is 0 Å². The van der Waals surface area contributed by atoms with Crippen LogP contribution < -0.4 is 10.6 Å². The minimum atomic E-state index is -0.595. The van der Waals surface area contributed by atoms with E-state index in [1.54, 1.807) is 18.2 Å². The normalized spacial score (nSPS) is 10.4. The Bertz CT molecular complexity index is 674. The third-order valence-electron chi connectivity index (χ3n) is 3.56. The number of amides is 2. The molecule has 0 radical (unpaired) electrons. The van der Waals surface area contributed by atoms with Gasteiger partial charge in [-0.1, -0.05) is 36.4 Å². The molecule has 5 heteroatoms. The summed E-state index contributed by atoms with van der Waals surface area (Å²) in [5.74, 6) is -0.267. The van der Waals surface area contributed by atoms with Crippen molar-refractivity contribution >= 4 is 6.03 Å². The van der Waals surface area contributed by atoms with E-state index < -0.39 is 12.7 Å². The van der Waals surface area contributed by atoms with E-state index in [9.17, 15) is 13.6 Å². The first-order valence-electron chi connectivity index (χ1n) is 7.54. The zero-order valence-corrected chi connectivity index (χ0v) is 13.0.